The Labute approximate surface area is 346 Å². The first-order valence-electron chi connectivity index (χ1n) is 22.7. The average molecular weight is 807 g/mol. The first-order valence-corrected chi connectivity index (χ1v) is 22.7. The number of hydrogen-bond acceptors (Lipinski definition) is 10. The molecule has 1 fully saturated rings. The van der Waals surface area contributed by atoms with Gasteiger partial charge in [0.25, 0.3) is 0 Å². The van der Waals surface area contributed by atoms with Crippen LogP contribution in [0.25, 0.3) is 0 Å². The maximum Gasteiger partial charge on any atom is 0.306 e. The van der Waals surface area contributed by atoms with Crippen LogP contribution >= 0.6 is 0 Å². The van der Waals surface area contributed by atoms with E-state index in [4.69, 9.17) is 18.9 Å². The van der Waals surface area contributed by atoms with E-state index in [1.807, 2.05) is 0 Å². The van der Waals surface area contributed by atoms with Crippen molar-refractivity contribution in [2.45, 2.75) is 218 Å². The molecular formula is C47H82O10. The van der Waals surface area contributed by atoms with Crippen molar-refractivity contribution < 1.29 is 49.0 Å². The molecule has 1 aliphatic heterocycles. The van der Waals surface area contributed by atoms with Gasteiger partial charge in [0.05, 0.1) is 13.2 Å². The zero-order valence-corrected chi connectivity index (χ0v) is 35.8. The van der Waals surface area contributed by atoms with Gasteiger partial charge in [-0.15, -0.1) is 0 Å². The molecule has 0 aromatic carbocycles. The van der Waals surface area contributed by atoms with Crippen molar-refractivity contribution in [2.24, 2.45) is 0 Å². The molecule has 1 heterocycles. The fourth-order valence-electron chi connectivity index (χ4n) is 6.55. The largest absolute Gasteiger partial charge is 0.462 e. The second-order valence-electron chi connectivity index (χ2n) is 15.5. The lowest BCUT2D eigenvalue weighted by Gasteiger charge is -2.39. The van der Waals surface area contributed by atoms with E-state index in [0.717, 1.165) is 77.0 Å². The van der Waals surface area contributed by atoms with Crippen LogP contribution in [0.5, 0.6) is 0 Å². The topological polar surface area (TPSA) is 152 Å². The third kappa shape index (κ3) is 29.5. The molecule has 0 aliphatic carbocycles. The molecule has 0 aromatic heterocycles. The number of allylic oxidation sites excluding steroid dienone is 8. The third-order valence-electron chi connectivity index (χ3n) is 10.2. The van der Waals surface area contributed by atoms with Gasteiger partial charge in [-0.2, -0.15) is 0 Å². The highest BCUT2D eigenvalue weighted by Crippen LogP contribution is 2.22. The van der Waals surface area contributed by atoms with E-state index in [0.29, 0.717) is 12.8 Å². The highest BCUT2D eigenvalue weighted by molar-refractivity contribution is 5.70. The van der Waals surface area contributed by atoms with Gasteiger partial charge in [-0.05, 0) is 70.6 Å². The Bertz CT molecular complexity index is 1070. The molecule has 57 heavy (non-hydrogen) atoms. The highest BCUT2D eigenvalue weighted by atomic mass is 16.7. The van der Waals surface area contributed by atoms with Gasteiger partial charge in [0, 0.05) is 12.8 Å². The first-order chi connectivity index (χ1) is 27.8. The Hall–Kier alpha value is -2.34. The lowest BCUT2D eigenvalue weighted by molar-refractivity contribution is -0.305. The standard InChI is InChI=1S/C47H82O10/c1-3-5-7-9-11-13-15-17-18-19-20-21-22-24-26-28-30-32-34-36-43(50)56-40(39-55-47-46(53)45(52)44(51)41(37-48)57-47)38-54-42(49)35-33-31-29-27-25-23-16-14-12-10-8-6-4-2/h8,10-11,13-14,16-18,40-41,44-48,51-53H,3-7,9,12,15,19-39H2,1-2H3/b10-8-,13-11-,16-14-,18-17-. The molecule has 330 valence electrons. The van der Waals surface area contributed by atoms with Gasteiger partial charge in [-0.1, -0.05) is 146 Å². The number of rotatable bonds is 37. The molecule has 0 saturated carbocycles. The summed E-state index contributed by atoms with van der Waals surface area (Å²) in [6, 6.07) is 0. The molecule has 6 atom stereocenters. The minimum atomic E-state index is -1.60. The number of unbranched alkanes of at least 4 members (excludes halogenated alkanes) is 18. The highest BCUT2D eigenvalue weighted by Gasteiger charge is 2.44. The second-order valence-corrected chi connectivity index (χ2v) is 15.5. The SMILES string of the molecule is CCC/C=C\C/C=C\CCCCCCCC(=O)OCC(COC1OC(CO)C(O)C(O)C1O)OC(=O)CCCCCCCCCCC/C=C\C/C=C\CCCCC. The van der Waals surface area contributed by atoms with Crippen LogP contribution in [-0.4, -0.2) is 89.0 Å². The summed E-state index contributed by atoms with van der Waals surface area (Å²) in [4.78, 5) is 25.3. The second kappa shape index (κ2) is 37.9. The predicted octanol–water partition coefficient (Wildman–Crippen LogP) is 9.67. The monoisotopic (exact) mass is 807 g/mol. The van der Waals surface area contributed by atoms with E-state index in [9.17, 15) is 30.0 Å². The molecule has 1 saturated heterocycles. The molecule has 1 aliphatic rings. The molecule has 4 N–H and O–H groups in total. The van der Waals surface area contributed by atoms with E-state index in [1.165, 1.54) is 64.2 Å². The van der Waals surface area contributed by atoms with E-state index >= 15 is 0 Å². The number of hydrogen-bond donors (Lipinski definition) is 4. The smallest absolute Gasteiger partial charge is 0.306 e. The summed E-state index contributed by atoms with van der Waals surface area (Å²) in [7, 11) is 0. The molecular weight excluding hydrogens is 725 g/mol. The van der Waals surface area contributed by atoms with Gasteiger partial charge in [-0.3, -0.25) is 9.59 Å². The minimum absolute atomic E-state index is 0.221. The van der Waals surface area contributed by atoms with Crippen LogP contribution in [0.3, 0.4) is 0 Å². The number of aliphatic hydroxyl groups is 4. The zero-order valence-electron chi connectivity index (χ0n) is 35.8. The van der Waals surface area contributed by atoms with Crippen LogP contribution in [0, 0.1) is 0 Å². The molecule has 1 rings (SSSR count). The van der Waals surface area contributed by atoms with Crippen molar-refractivity contribution in [2.75, 3.05) is 19.8 Å². The Morgan fingerprint density at radius 1 is 0.544 bits per heavy atom. The summed E-state index contributed by atoms with van der Waals surface area (Å²) in [6.07, 6.45) is 36.8. The molecule has 0 amide bonds. The maximum atomic E-state index is 12.8. The maximum absolute atomic E-state index is 12.8. The van der Waals surface area contributed by atoms with Crippen LogP contribution < -0.4 is 0 Å². The van der Waals surface area contributed by atoms with Crippen LogP contribution in [0.15, 0.2) is 48.6 Å². The lowest BCUT2D eigenvalue weighted by Crippen LogP contribution is -2.59. The van der Waals surface area contributed by atoms with Crippen molar-refractivity contribution in [3.63, 3.8) is 0 Å². The molecule has 0 aromatic rings. The van der Waals surface area contributed by atoms with Gasteiger partial charge < -0.3 is 39.4 Å². The molecule has 0 bridgehead atoms. The number of esters is 2. The average Bonchev–Trinajstić information content (AvgIpc) is 3.21. The summed E-state index contributed by atoms with van der Waals surface area (Å²) in [6.45, 7) is 3.31. The summed E-state index contributed by atoms with van der Waals surface area (Å²) in [5.41, 5.74) is 0. The first kappa shape index (κ1) is 52.7. The minimum Gasteiger partial charge on any atom is -0.462 e. The van der Waals surface area contributed by atoms with Gasteiger partial charge in [-0.25, -0.2) is 0 Å². The number of carbonyl (C=O) groups excluding carboxylic acids is 2. The number of aliphatic hydroxyl groups excluding tert-OH is 4. The number of carbonyl (C=O) groups is 2. The van der Waals surface area contributed by atoms with Gasteiger partial charge in [0.1, 0.15) is 31.0 Å². The fourth-order valence-corrected chi connectivity index (χ4v) is 6.55. The predicted molar refractivity (Wildman–Crippen MR) is 229 cm³/mol. The quantitative estimate of drug-likeness (QED) is 0.0271. The van der Waals surface area contributed by atoms with Crippen molar-refractivity contribution in [3.8, 4) is 0 Å². The Morgan fingerprint density at radius 2 is 1.02 bits per heavy atom. The lowest BCUT2D eigenvalue weighted by atomic mass is 9.99. The fraction of sp³-hybridized carbons (Fsp3) is 0.787. The molecule has 6 unspecified atom stereocenters. The van der Waals surface area contributed by atoms with E-state index in [2.05, 4.69) is 62.5 Å². The third-order valence-corrected chi connectivity index (χ3v) is 10.2. The molecule has 0 spiro atoms. The van der Waals surface area contributed by atoms with Crippen LogP contribution in [0.4, 0.5) is 0 Å². The van der Waals surface area contributed by atoms with E-state index < -0.39 is 55.4 Å². The number of ether oxygens (including phenoxy) is 4. The van der Waals surface area contributed by atoms with E-state index in [1.54, 1.807) is 0 Å². The van der Waals surface area contributed by atoms with Crippen molar-refractivity contribution >= 4 is 11.9 Å². The molecule has 10 nitrogen and oxygen atoms in total. The van der Waals surface area contributed by atoms with Crippen molar-refractivity contribution in [1.82, 2.24) is 0 Å². The van der Waals surface area contributed by atoms with Crippen LogP contribution in [-0.2, 0) is 28.5 Å². The summed E-state index contributed by atoms with van der Waals surface area (Å²) in [5, 5.41) is 40.1. The molecule has 0 radical (unpaired) electrons. The Kier molecular flexibility index (Phi) is 35.0. The summed E-state index contributed by atoms with van der Waals surface area (Å²) < 4.78 is 22.1. The zero-order chi connectivity index (χ0) is 41.6. The Balaban J connectivity index is 2.32. The van der Waals surface area contributed by atoms with Crippen LogP contribution in [0.1, 0.15) is 181 Å². The van der Waals surface area contributed by atoms with Crippen LogP contribution in [0.2, 0.25) is 0 Å². The van der Waals surface area contributed by atoms with Gasteiger partial charge >= 0.3 is 11.9 Å². The Morgan fingerprint density at radius 3 is 1.53 bits per heavy atom. The van der Waals surface area contributed by atoms with Crippen molar-refractivity contribution in [1.29, 1.82) is 0 Å². The van der Waals surface area contributed by atoms with Crippen molar-refractivity contribution in [3.05, 3.63) is 48.6 Å². The summed E-state index contributed by atoms with van der Waals surface area (Å²) in [5.74, 6) is -0.829. The summed E-state index contributed by atoms with van der Waals surface area (Å²) >= 11 is 0. The van der Waals surface area contributed by atoms with E-state index in [-0.39, 0.29) is 26.1 Å². The van der Waals surface area contributed by atoms with Gasteiger partial charge in [0.15, 0.2) is 12.4 Å². The molecule has 10 heteroatoms. The normalized spacial score (nSPS) is 20.7. The van der Waals surface area contributed by atoms with Gasteiger partial charge in [0.2, 0.25) is 0 Å².